The maximum atomic E-state index is 13.4. The first-order valence-electron chi connectivity index (χ1n) is 15.3. The number of carbonyl (C=O) groups excluding carboxylic acids is 4. The van der Waals surface area contributed by atoms with Crippen LogP contribution in [0.3, 0.4) is 0 Å². The first-order chi connectivity index (χ1) is 21.7. The number of nitrogens with zero attached hydrogens (tertiary/aromatic N) is 1. The summed E-state index contributed by atoms with van der Waals surface area (Å²) in [5.74, 6) is -2.08. The summed E-state index contributed by atoms with van der Waals surface area (Å²) >= 11 is 0. The topological polar surface area (TPSA) is 134 Å². The molecule has 242 valence electrons. The number of aliphatic hydroxyl groups is 1. The van der Waals surface area contributed by atoms with Gasteiger partial charge in [-0.3, -0.25) is 9.59 Å². The molecule has 0 aliphatic carbocycles. The number of amides is 3. The quantitative estimate of drug-likeness (QED) is 0.191. The molecule has 0 saturated heterocycles. The van der Waals surface area contributed by atoms with E-state index >= 15 is 0 Å². The monoisotopic (exact) mass is 619 g/mol. The van der Waals surface area contributed by atoms with Crippen molar-refractivity contribution in [3.05, 3.63) is 96.6 Å². The number of aliphatic hydroxyl groups excluding tert-OH is 1. The maximum Gasteiger partial charge on any atom is 0.408 e. The van der Waals surface area contributed by atoms with Crippen LogP contribution in [0.4, 0.5) is 4.79 Å². The van der Waals surface area contributed by atoms with Crippen molar-refractivity contribution in [2.75, 3.05) is 13.2 Å². The molecule has 3 amide bonds. The Balaban J connectivity index is 1.57. The van der Waals surface area contributed by atoms with Gasteiger partial charge >= 0.3 is 12.1 Å². The molecule has 45 heavy (non-hydrogen) atoms. The van der Waals surface area contributed by atoms with Crippen LogP contribution in [0.1, 0.15) is 49.8 Å². The van der Waals surface area contributed by atoms with Crippen LogP contribution in [0.25, 0.3) is 0 Å². The molecule has 1 heterocycles. The Hall–Kier alpha value is -4.44. The fraction of sp³-hybridized carbons (Fsp3) is 0.429. The lowest BCUT2D eigenvalue weighted by Crippen LogP contribution is -2.49. The van der Waals surface area contributed by atoms with E-state index in [1.54, 1.807) is 11.0 Å². The van der Waals surface area contributed by atoms with Crippen molar-refractivity contribution < 1.29 is 33.8 Å². The Bertz CT molecular complexity index is 1310. The molecule has 0 aromatic heterocycles. The van der Waals surface area contributed by atoms with Crippen molar-refractivity contribution in [3.63, 3.8) is 0 Å². The number of hydrogen-bond donors (Lipinski definition) is 3. The van der Waals surface area contributed by atoms with Gasteiger partial charge in [0.15, 0.2) is 0 Å². The smallest absolute Gasteiger partial charge is 0.408 e. The van der Waals surface area contributed by atoms with Crippen molar-refractivity contribution in [1.82, 2.24) is 15.5 Å². The van der Waals surface area contributed by atoms with Crippen LogP contribution in [0, 0.1) is 11.8 Å². The minimum Gasteiger partial charge on any atom is -0.462 e. The van der Waals surface area contributed by atoms with Gasteiger partial charge in [0, 0.05) is 13.0 Å². The molecule has 10 heteroatoms. The zero-order valence-corrected chi connectivity index (χ0v) is 26.2. The molecule has 2 aromatic rings. The minimum atomic E-state index is -1.02. The number of ether oxygens (including phenoxy) is 2. The summed E-state index contributed by atoms with van der Waals surface area (Å²) in [6.45, 7) is 11.3. The molecule has 0 fully saturated rings. The molecule has 1 aliphatic heterocycles. The first-order valence-corrected chi connectivity index (χ1v) is 15.3. The lowest BCUT2D eigenvalue weighted by Gasteiger charge is -2.36. The molecule has 0 unspecified atom stereocenters. The summed E-state index contributed by atoms with van der Waals surface area (Å²) in [5.41, 5.74) is 2.93. The van der Waals surface area contributed by atoms with Gasteiger partial charge in [0.05, 0.1) is 24.6 Å². The lowest BCUT2D eigenvalue weighted by molar-refractivity contribution is -0.148. The second-order valence-electron chi connectivity index (χ2n) is 11.5. The lowest BCUT2D eigenvalue weighted by atomic mass is 9.92. The highest BCUT2D eigenvalue weighted by Crippen LogP contribution is 2.25. The van der Waals surface area contributed by atoms with Crippen LogP contribution >= 0.6 is 0 Å². The molecule has 3 N–H and O–H groups in total. The van der Waals surface area contributed by atoms with E-state index in [0.29, 0.717) is 13.0 Å². The van der Waals surface area contributed by atoms with E-state index in [4.69, 9.17) is 9.47 Å². The fourth-order valence-corrected chi connectivity index (χ4v) is 5.12. The Morgan fingerprint density at radius 2 is 1.62 bits per heavy atom. The van der Waals surface area contributed by atoms with Gasteiger partial charge < -0.3 is 30.1 Å². The Morgan fingerprint density at radius 3 is 2.27 bits per heavy atom. The average Bonchev–Trinajstić information content (AvgIpc) is 3.04. The number of fused-ring (bicyclic) bond motifs is 1. The molecule has 0 bridgehead atoms. The van der Waals surface area contributed by atoms with Gasteiger partial charge in [-0.15, -0.1) is 13.2 Å². The van der Waals surface area contributed by atoms with Crippen LogP contribution in [0.5, 0.6) is 0 Å². The van der Waals surface area contributed by atoms with Crippen molar-refractivity contribution in [2.24, 2.45) is 11.8 Å². The number of carbonyl (C=O) groups is 4. The molecule has 0 saturated carbocycles. The maximum absolute atomic E-state index is 13.4. The van der Waals surface area contributed by atoms with Gasteiger partial charge in [-0.1, -0.05) is 80.6 Å². The predicted molar refractivity (Wildman–Crippen MR) is 171 cm³/mol. The highest BCUT2D eigenvalue weighted by molar-refractivity contribution is 5.86. The van der Waals surface area contributed by atoms with Crippen molar-refractivity contribution in [3.8, 4) is 0 Å². The largest absolute Gasteiger partial charge is 0.462 e. The summed E-state index contributed by atoms with van der Waals surface area (Å²) in [7, 11) is 0. The summed E-state index contributed by atoms with van der Waals surface area (Å²) in [6.07, 6.45) is 3.20. The second-order valence-corrected chi connectivity index (χ2v) is 11.5. The molecule has 0 spiro atoms. The number of allylic oxidation sites excluding steroid dienone is 1. The van der Waals surface area contributed by atoms with Gasteiger partial charge in [-0.25, -0.2) is 9.59 Å². The van der Waals surface area contributed by atoms with E-state index in [9.17, 15) is 24.3 Å². The van der Waals surface area contributed by atoms with Gasteiger partial charge in [0.25, 0.3) is 0 Å². The standard InChI is InChI=1S/C35H45N3O7/c1-5-12-27(19-32(40)38-20-28-17-11-10-16-26(28)18-29(38)21-39)33(41)36-31(24(3)4)23-44-34(42)30(13-6-2)37-35(43)45-22-25-14-8-7-9-15-25/h5-11,14-17,24,27,29-31,39H,1-2,12-13,18-23H2,3-4H3,(H,36,41)(H,37,43)/t27-,29-,30+,31+/m0/s1. The first kappa shape index (κ1) is 35.0. The molecule has 4 atom stereocenters. The third kappa shape index (κ3) is 10.6. The number of hydrogen-bond acceptors (Lipinski definition) is 7. The van der Waals surface area contributed by atoms with Crippen LogP contribution in [0.2, 0.25) is 0 Å². The van der Waals surface area contributed by atoms with Gasteiger partial charge in [0.2, 0.25) is 11.8 Å². The van der Waals surface area contributed by atoms with Crippen molar-refractivity contribution in [1.29, 1.82) is 0 Å². The summed E-state index contributed by atoms with van der Waals surface area (Å²) in [6, 6.07) is 15.0. The predicted octanol–water partition coefficient (Wildman–Crippen LogP) is 4.07. The van der Waals surface area contributed by atoms with E-state index in [1.807, 2.05) is 68.4 Å². The Morgan fingerprint density at radius 1 is 0.956 bits per heavy atom. The van der Waals surface area contributed by atoms with E-state index < -0.39 is 30.1 Å². The Labute approximate surface area is 265 Å². The number of rotatable bonds is 16. The number of benzene rings is 2. The SMILES string of the molecule is C=CC[C@@H](CC(=O)N1Cc2ccccc2C[C@H]1CO)C(=O)N[C@H](COC(=O)[C@@H](CC=C)NC(=O)OCc1ccccc1)C(C)C. The second kappa shape index (κ2) is 17.8. The number of esters is 1. The summed E-state index contributed by atoms with van der Waals surface area (Å²) in [5, 5.41) is 15.5. The normalized spacial score (nSPS) is 16.0. The van der Waals surface area contributed by atoms with E-state index in [-0.39, 0.29) is 62.9 Å². The fourth-order valence-electron chi connectivity index (χ4n) is 5.12. The highest BCUT2D eigenvalue weighted by Gasteiger charge is 2.33. The third-order valence-electron chi connectivity index (χ3n) is 7.86. The summed E-state index contributed by atoms with van der Waals surface area (Å²) in [4.78, 5) is 53.8. The van der Waals surface area contributed by atoms with Crippen LogP contribution in [0.15, 0.2) is 79.9 Å². The van der Waals surface area contributed by atoms with Gasteiger partial charge in [-0.05, 0) is 41.9 Å². The molecule has 1 aliphatic rings. The van der Waals surface area contributed by atoms with Crippen LogP contribution in [-0.2, 0) is 43.4 Å². The Kier molecular flexibility index (Phi) is 13.8. The van der Waals surface area contributed by atoms with Crippen molar-refractivity contribution >= 4 is 23.9 Å². The molecular formula is C35H45N3O7. The zero-order valence-electron chi connectivity index (χ0n) is 26.2. The number of alkyl carbamates (subject to hydrolysis) is 1. The third-order valence-corrected chi connectivity index (χ3v) is 7.86. The molecule has 3 rings (SSSR count). The summed E-state index contributed by atoms with van der Waals surface area (Å²) < 4.78 is 10.8. The minimum absolute atomic E-state index is 0.0457. The molecule has 2 aromatic carbocycles. The molecule has 0 radical (unpaired) electrons. The van der Waals surface area contributed by atoms with E-state index in [2.05, 4.69) is 23.8 Å². The highest BCUT2D eigenvalue weighted by atomic mass is 16.6. The zero-order chi connectivity index (χ0) is 32.8. The van der Waals surface area contributed by atoms with Gasteiger partial charge in [-0.2, -0.15) is 0 Å². The number of nitrogens with one attached hydrogen (secondary N) is 2. The molecular weight excluding hydrogens is 574 g/mol. The van der Waals surface area contributed by atoms with E-state index in [1.165, 1.54) is 6.08 Å². The van der Waals surface area contributed by atoms with Gasteiger partial charge in [0.1, 0.15) is 19.3 Å². The average molecular weight is 620 g/mol. The van der Waals surface area contributed by atoms with Crippen LogP contribution < -0.4 is 10.6 Å². The van der Waals surface area contributed by atoms with Crippen LogP contribution in [-0.4, -0.2) is 65.2 Å². The molecule has 10 nitrogen and oxygen atoms in total. The van der Waals surface area contributed by atoms with Crippen molar-refractivity contribution in [2.45, 2.75) is 70.8 Å². The van der Waals surface area contributed by atoms with E-state index in [0.717, 1.165) is 16.7 Å².